The molecule has 0 spiro atoms. The SMILES string of the molecule is COCCOCCNc1ccc([N+](=O)[O-])c2cccnc12. The van der Waals surface area contributed by atoms with Crippen molar-refractivity contribution in [3.8, 4) is 0 Å². The minimum absolute atomic E-state index is 0.0556. The van der Waals surface area contributed by atoms with E-state index in [-0.39, 0.29) is 5.69 Å². The second kappa shape index (κ2) is 7.51. The normalized spacial score (nSPS) is 10.7. The van der Waals surface area contributed by atoms with Gasteiger partial charge in [0.1, 0.15) is 5.52 Å². The van der Waals surface area contributed by atoms with Crippen LogP contribution in [0.5, 0.6) is 0 Å². The predicted molar refractivity (Wildman–Crippen MR) is 79.6 cm³/mol. The highest BCUT2D eigenvalue weighted by Crippen LogP contribution is 2.29. The van der Waals surface area contributed by atoms with E-state index >= 15 is 0 Å². The van der Waals surface area contributed by atoms with Crippen molar-refractivity contribution in [1.82, 2.24) is 4.98 Å². The van der Waals surface area contributed by atoms with Gasteiger partial charge < -0.3 is 14.8 Å². The van der Waals surface area contributed by atoms with Crippen LogP contribution >= 0.6 is 0 Å². The molecule has 112 valence electrons. The van der Waals surface area contributed by atoms with Gasteiger partial charge in [0.2, 0.25) is 0 Å². The summed E-state index contributed by atoms with van der Waals surface area (Å²) in [5.74, 6) is 0. The third-order valence-electron chi connectivity index (χ3n) is 2.94. The number of methoxy groups -OCH3 is 1. The predicted octanol–water partition coefficient (Wildman–Crippen LogP) is 2.22. The Kier molecular flexibility index (Phi) is 5.42. The summed E-state index contributed by atoms with van der Waals surface area (Å²) in [5.41, 5.74) is 1.40. The fourth-order valence-electron chi connectivity index (χ4n) is 1.96. The van der Waals surface area contributed by atoms with Crippen molar-refractivity contribution < 1.29 is 14.4 Å². The summed E-state index contributed by atoms with van der Waals surface area (Å²) >= 11 is 0. The van der Waals surface area contributed by atoms with E-state index in [1.807, 2.05) is 0 Å². The summed E-state index contributed by atoms with van der Waals surface area (Å²) in [6, 6.07) is 6.54. The summed E-state index contributed by atoms with van der Waals surface area (Å²) in [6.07, 6.45) is 1.62. The molecule has 2 rings (SSSR count). The largest absolute Gasteiger partial charge is 0.382 e. The molecule has 0 radical (unpaired) electrons. The minimum atomic E-state index is -0.401. The van der Waals surface area contributed by atoms with Crippen molar-refractivity contribution in [2.24, 2.45) is 0 Å². The first kappa shape index (κ1) is 15.1. The van der Waals surface area contributed by atoms with Crippen LogP contribution in [0.2, 0.25) is 0 Å². The van der Waals surface area contributed by atoms with Gasteiger partial charge in [-0.25, -0.2) is 0 Å². The molecule has 2 aromatic rings. The van der Waals surface area contributed by atoms with E-state index < -0.39 is 4.92 Å². The topological polar surface area (TPSA) is 86.5 Å². The van der Waals surface area contributed by atoms with E-state index in [0.717, 1.165) is 5.69 Å². The van der Waals surface area contributed by atoms with E-state index in [4.69, 9.17) is 9.47 Å². The van der Waals surface area contributed by atoms with Crippen LogP contribution in [0, 0.1) is 10.1 Å². The van der Waals surface area contributed by atoms with Gasteiger partial charge in [0.25, 0.3) is 5.69 Å². The highest BCUT2D eigenvalue weighted by Gasteiger charge is 2.14. The number of nitro benzene ring substituents is 1. The summed E-state index contributed by atoms with van der Waals surface area (Å²) in [6.45, 7) is 2.21. The van der Waals surface area contributed by atoms with Crippen molar-refractivity contribution in [2.75, 3.05) is 38.8 Å². The molecule has 0 bridgehead atoms. The van der Waals surface area contributed by atoms with Gasteiger partial charge in [-0.2, -0.15) is 0 Å². The quantitative estimate of drug-likeness (QED) is 0.456. The zero-order valence-corrected chi connectivity index (χ0v) is 11.7. The minimum Gasteiger partial charge on any atom is -0.382 e. The number of nitro groups is 1. The fraction of sp³-hybridized carbons (Fsp3) is 0.357. The molecule has 1 heterocycles. The van der Waals surface area contributed by atoms with Crippen LogP contribution in [-0.2, 0) is 9.47 Å². The molecule has 0 atom stereocenters. The van der Waals surface area contributed by atoms with Crippen LogP contribution in [0.1, 0.15) is 0 Å². The maximum absolute atomic E-state index is 11.0. The zero-order chi connectivity index (χ0) is 15.1. The monoisotopic (exact) mass is 291 g/mol. The second-order valence-corrected chi connectivity index (χ2v) is 4.32. The third-order valence-corrected chi connectivity index (χ3v) is 2.94. The first-order valence-corrected chi connectivity index (χ1v) is 6.56. The Morgan fingerprint density at radius 3 is 2.90 bits per heavy atom. The number of anilines is 1. The number of rotatable bonds is 8. The number of benzene rings is 1. The molecule has 0 aliphatic rings. The molecule has 0 amide bonds. The molecule has 0 aliphatic carbocycles. The lowest BCUT2D eigenvalue weighted by Crippen LogP contribution is -2.12. The number of hydrogen-bond acceptors (Lipinski definition) is 6. The van der Waals surface area contributed by atoms with Crippen molar-refractivity contribution >= 4 is 22.3 Å². The molecular formula is C14H17N3O4. The zero-order valence-electron chi connectivity index (χ0n) is 11.7. The van der Waals surface area contributed by atoms with Gasteiger partial charge in [0.15, 0.2) is 0 Å². The van der Waals surface area contributed by atoms with Crippen molar-refractivity contribution in [3.05, 3.63) is 40.6 Å². The molecule has 7 heteroatoms. The van der Waals surface area contributed by atoms with Crippen LogP contribution in [-0.4, -0.2) is 43.4 Å². The highest BCUT2D eigenvalue weighted by atomic mass is 16.6. The molecule has 0 saturated heterocycles. The van der Waals surface area contributed by atoms with E-state index in [1.54, 1.807) is 31.5 Å². The Balaban J connectivity index is 2.07. The second-order valence-electron chi connectivity index (χ2n) is 4.32. The molecule has 1 N–H and O–H groups in total. The summed E-state index contributed by atoms with van der Waals surface area (Å²) in [7, 11) is 1.62. The van der Waals surface area contributed by atoms with E-state index in [9.17, 15) is 10.1 Å². The summed E-state index contributed by atoms with van der Waals surface area (Å²) in [5, 5.41) is 14.7. The van der Waals surface area contributed by atoms with Gasteiger partial charge in [-0.05, 0) is 18.2 Å². The number of non-ortho nitro benzene ring substituents is 1. The third kappa shape index (κ3) is 3.87. The van der Waals surface area contributed by atoms with Gasteiger partial charge in [0.05, 0.1) is 35.8 Å². The molecule has 1 aromatic carbocycles. The first-order chi connectivity index (χ1) is 10.2. The standard InChI is InChI=1S/C14H17N3O4/c1-20-9-10-21-8-7-15-12-4-5-13(17(18)19)11-3-2-6-16-14(11)12/h2-6,15H,7-10H2,1H3. The maximum Gasteiger partial charge on any atom is 0.278 e. The molecule has 0 unspecified atom stereocenters. The highest BCUT2D eigenvalue weighted by molar-refractivity contribution is 5.96. The Bertz CT molecular complexity index is 618. The maximum atomic E-state index is 11.0. The number of fused-ring (bicyclic) bond motifs is 1. The molecule has 7 nitrogen and oxygen atoms in total. The Hall–Kier alpha value is -2.25. The van der Waals surface area contributed by atoms with Gasteiger partial charge >= 0.3 is 0 Å². The van der Waals surface area contributed by atoms with E-state index in [0.29, 0.717) is 37.3 Å². The van der Waals surface area contributed by atoms with Crippen LogP contribution in [0.3, 0.4) is 0 Å². The number of pyridine rings is 1. The Morgan fingerprint density at radius 2 is 2.14 bits per heavy atom. The number of nitrogens with one attached hydrogen (secondary N) is 1. The van der Waals surface area contributed by atoms with Gasteiger partial charge in [-0.15, -0.1) is 0 Å². The van der Waals surface area contributed by atoms with Crippen molar-refractivity contribution in [1.29, 1.82) is 0 Å². The summed E-state index contributed by atoms with van der Waals surface area (Å²) < 4.78 is 10.2. The fourth-order valence-corrected chi connectivity index (χ4v) is 1.96. The number of nitrogens with zero attached hydrogens (tertiary/aromatic N) is 2. The summed E-state index contributed by atoms with van der Waals surface area (Å²) in [4.78, 5) is 14.8. The van der Waals surface area contributed by atoms with Crippen molar-refractivity contribution in [3.63, 3.8) is 0 Å². The molecule has 0 fully saturated rings. The first-order valence-electron chi connectivity index (χ1n) is 6.56. The van der Waals surface area contributed by atoms with Gasteiger partial charge in [-0.3, -0.25) is 15.1 Å². The van der Waals surface area contributed by atoms with Gasteiger partial charge in [0, 0.05) is 25.9 Å². The average Bonchev–Trinajstić information content (AvgIpc) is 2.50. The van der Waals surface area contributed by atoms with Crippen LogP contribution in [0.15, 0.2) is 30.5 Å². The number of hydrogen-bond donors (Lipinski definition) is 1. The Labute approximate surface area is 122 Å². The smallest absolute Gasteiger partial charge is 0.278 e. The van der Waals surface area contributed by atoms with Gasteiger partial charge in [-0.1, -0.05) is 0 Å². The molecule has 0 saturated carbocycles. The molecule has 21 heavy (non-hydrogen) atoms. The number of aromatic nitrogens is 1. The van der Waals surface area contributed by atoms with Crippen LogP contribution in [0.25, 0.3) is 10.9 Å². The molecule has 1 aromatic heterocycles. The van der Waals surface area contributed by atoms with Crippen LogP contribution in [0.4, 0.5) is 11.4 Å². The number of ether oxygens (including phenoxy) is 2. The average molecular weight is 291 g/mol. The van der Waals surface area contributed by atoms with E-state index in [1.165, 1.54) is 6.07 Å². The Morgan fingerprint density at radius 1 is 1.29 bits per heavy atom. The molecular weight excluding hydrogens is 274 g/mol. The van der Waals surface area contributed by atoms with Crippen molar-refractivity contribution in [2.45, 2.75) is 0 Å². The van der Waals surface area contributed by atoms with Crippen LogP contribution < -0.4 is 5.32 Å². The molecule has 0 aliphatic heterocycles. The lowest BCUT2D eigenvalue weighted by Gasteiger charge is -2.09. The van der Waals surface area contributed by atoms with E-state index in [2.05, 4.69) is 10.3 Å². The lowest BCUT2D eigenvalue weighted by molar-refractivity contribution is -0.383. The lowest BCUT2D eigenvalue weighted by atomic mass is 10.1.